The molecule has 0 aromatic carbocycles. The second-order valence-corrected chi connectivity index (χ2v) is 6.17. The van der Waals surface area contributed by atoms with Crippen LogP contribution >= 0.6 is 0 Å². The summed E-state index contributed by atoms with van der Waals surface area (Å²) in [6.45, 7) is 13.7. The molecule has 0 bridgehead atoms. The Morgan fingerprint density at radius 3 is 1.77 bits per heavy atom. The van der Waals surface area contributed by atoms with Gasteiger partial charge in [-0.3, -0.25) is 0 Å². The van der Waals surface area contributed by atoms with Crippen LogP contribution in [0.3, 0.4) is 0 Å². The molecule has 0 aliphatic carbocycles. The monoisotopic (exact) mass is 187 g/mol. The summed E-state index contributed by atoms with van der Waals surface area (Å²) in [5.41, 5.74) is 6.30. The number of nitrogens with two attached hydrogens (primary N) is 1. The van der Waals surface area contributed by atoms with Gasteiger partial charge in [0.05, 0.1) is 6.61 Å². The van der Waals surface area contributed by atoms with Crippen LogP contribution in [0.5, 0.6) is 0 Å². The molecule has 0 aromatic rings. The van der Waals surface area contributed by atoms with Crippen LogP contribution in [-0.4, -0.2) is 12.8 Å². The third kappa shape index (κ3) is 9.84. The van der Waals surface area contributed by atoms with E-state index in [1.807, 2.05) is 0 Å². The van der Waals surface area contributed by atoms with Crippen molar-refractivity contribution in [2.45, 2.75) is 54.2 Å². The maximum Gasteiger partial charge on any atom is 0.106 e. The average Bonchev–Trinajstić information content (AvgIpc) is 1.78. The summed E-state index contributed by atoms with van der Waals surface area (Å²) >= 11 is 0. The Morgan fingerprint density at radius 2 is 1.46 bits per heavy atom. The van der Waals surface area contributed by atoms with Crippen molar-refractivity contribution in [1.82, 2.24) is 0 Å². The zero-order valence-electron chi connectivity index (χ0n) is 9.98. The Balaban J connectivity index is 3.70. The minimum Gasteiger partial charge on any atom is -0.363 e. The average molecular weight is 187 g/mol. The van der Waals surface area contributed by atoms with Crippen molar-refractivity contribution >= 4 is 0 Å². The molecule has 13 heavy (non-hydrogen) atoms. The van der Waals surface area contributed by atoms with Crippen molar-refractivity contribution in [3.63, 3.8) is 0 Å². The van der Waals surface area contributed by atoms with E-state index in [2.05, 4.69) is 41.5 Å². The SMILES string of the molecule is CC(C)(C)COC(N)CC(C)(C)C. The van der Waals surface area contributed by atoms with Crippen LogP contribution < -0.4 is 5.73 Å². The van der Waals surface area contributed by atoms with Crippen molar-refractivity contribution in [2.75, 3.05) is 6.61 Å². The van der Waals surface area contributed by atoms with Gasteiger partial charge in [0.1, 0.15) is 6.23 Å². The summed E-state index contributed by atoms with van der Waals surface area (Å²) in [7, 11) is 0. The molecule has 0 heterocycles. The lowest BCUT2D eigenvalue weighted by Crippen LogP contribution is -2.32. The van der Waals surface area contributed by atoms with E-state index >= 15 is 0 Å². The molecule has 80 valence electrons. The van der Waals surface area contributed by atoms with E-state index in [9.17, 15) is 0 Å². The molecular weight excluding hydrogens is 162 g/mol. The zero-order valence-corrected chi connectivity index (χ0v) is 9.98. The van der Waals surface area contributed by atoms with Crippen LogP contribution in [0.1, 0.15) is 48.0 Å². The molecule has 0 fully saturated rings. The lowest BCUT2D eigenvalue weighted by Gasteiger charge is -2.26. The molecule has 0 saturated heterocycles. The van der Waals surface area contributed by atoms with Crippen LogP contribution in [-0.2, 0) is 4.74 Å². The molecule has 1 unspecified atom stereocenters. The first kappa shape index (κ1) is 12.9. The van der Waals surface area contributed by atoms with Gasteiger partial charge in [0.15, 0.2) is 0 Å². The van der Waals surface area contributed by atoms with Gasteiger partial charge in [0.25, 0.3) is 0 Å². The first-order valence-corrected chi connectivity index (χ1v) is 4.97. The van der Waals surface area contributed by atoms with E-state index in [-0.39, 0.29) is 17.1 Å². The highest BCUT2D eigenvalue weighted by atomic mass is 16.5. The summed E-state index contributed by atoms with van der Waals surface area (Å²) in [6.07, 6.45) is 0.780. The van der Waals surface area contributed by atoms with Gasteiger partial charge in [-0.1, -0.05) is 41.5 Å². The molecular formula is C11H25NO. The fourth-order valence-corrected chi connectivity index (χ4v) is 1.02. The lowest BCUT2D eigenvalue weighted by molar-refractivity contribution is -0.00759. The fraction of sp³-hybridized carbons (Fsp3) is 1.00. The lowest BCUT2D eigenvalue weighted by atomic mass is 9.91. The minimum atomic E-state index is -0.126. The Labute approximate surface area is 82.8 Å². The van der Waals surface area contributed by atoms with Gasteiger partial charge >= 0.3 is 0 Å². The van der Waals surface area contributed by atoms with Gasteiger partial charge in [0.2, 0.25) is 0 Å². The molecule has 2 nitrogen and oxygen atoms in total. The first-order chi connectivity index (χ1) is 5.60. The molecule has 0 aliphatic rings. The van der Waals surface area contributed by atoms with E-state index in [4.69, 9.17) is 10.5 Å². The van der Waals surface area contributed by atoms with Gasteiger partial charge < -0.3 is 10.5 Å². The molecule has 2 N–H and O–H groups in total. The maximum absolute atomic E-state index is 5.84. The van der Waals surface area contributed by atoms with Gasteiger partial charge in [-0.2, -0.15) is 0 Å². The number of rotatable bonds is 3. The van der Waals surface area contributed by atoms with Gasteiger partial charge in [0, 0.05) is 0 Å². The van der Waals surface area contributed by atoms with Gasteiger partial charge in [-0.05, 0) is 17.3 Å². The predicted octanol–water partition coefficient (Wildman–Crippen LogP) is 2.77. The molecule has 0 aliphatic heterocycles. The molecule has 0 aromatic heterocycles. The summed E-state index contributed by atoms with van der Waals surface area (Å²) in [4.78, 5) is 0. The van der Waals surface area contributed by atoms with Crippen molar-refractivity contribution in [1.29, 1.82) is 0 Å². The zero-order chi connectivity index (χ0) is 10.7. The second-order valence-electron chi connectivity index (χ2n) is 6.17. The Bertz CT molecular complexity index is 141. The van der Waals surface area contributed by atoms with Crippen LogP contribution in [0.4, 0.5) is 0 Å². The highest BCUT2D eigenvalue weighted by molar-refractivity contribution is 4.67. The number of ether oxygens (including phenoxy) is 1. The highest BCUT2D eigenvalue weighted by Gasteiger charge is 2.18. The highest BCUT2D eigenvalue weighted by Crippen LogP contribution is 2.21. The molecule has 1 atom stereocenters. The summed E-state index contributed by atoms with van der Waals surface area (Å²) in [5.74, 6) is 0. The summed E-state index contributed by atoms with van der Waals surface area (Å²) in [5, 5.41) is 0. The summed E-state index contributed by atoms with van der Waals surface area (Å²) < 4.78 is 5.56. The molecule has 0 rings (SSSR count). The fourth-order valence-electron chi connectivity index (χ4n) is 1.02. The minimum absolute atomic E-state index is 0.126. The van der Waals surface area contributed by atoms with Crippen LogP contribution in [0.2, 0.25) is 0 Å². The number of hydrogen-bond donors (Lipinski definition) is 1. The van der Waals surface area contributed by atoms with Crippen LogP contribution in [0.25, 0.3) is 0 Å². The largest absolute Gasteiger partial charge is 0.363 e. The van der Waals surface area contributed by atoms with Crippen molar-refractivity contribution < 1.29 is 4.74 Å². The molecule has 2 heteroatoms. The molecule has 0 spiro atoms. The van der Waals surface area contributed by atoms with Gasteiger partial charge in [-0.25, -0.2) is 0 Å². The van der Waals surface area contributed by atoms with Crippen molar-refractivity contribution in [2.24, 2.45) is 16.6 Å². The second kappa shape index (κ2) is 4.43. The molecule has 0 radical (unpaired) electrons. The quantitative estimate of drug-likeness (QED) is 0.689. The van der Waals surface area contributed by atoms with E-state index < -0.39 is 0 Å². The van der Waals surface area contributed by atoms with Crippen molar-refractivity contribution in [3.8, 4) is 0 Å². The van der Waals surface area contributed by atoms with E-state index in [1.54, 1.807) is 0 Å². The third-order valence-electron chi connectivity index (χ3n) is 1.54. The molecule has 0 amide bonds. The molecule has 0 saturated carbocycles. The van der Waals surface area contributed by atoms with Crippen molar-refractivity contribution in [3.05, 3.63) is 0 Å². The Morgan fingerprint density at radius 1 is 1.00 bits per heavy atom. The Kier molecular flexibility index (Phi) is 4.40. The summed E-state index contributed by atoms with van der Waals surface area (Å²) in [6, 6.07) is 0. The first-order valence-electron chi connectivity index (χ1n) is 4.97. The predicted molar refractivity (Wildman–Crippen MR) is 57.5 cm³/mol. The van der Waals surface area contributed by atoms with Gasteiger partial charge in [-0.15, -0.1) is 0 Å². The van der Waals surface area contributed by atoms with E-state index in [1.165, 1.54) is 0 Å². The third-order valence-corrected chi connectivity index (χ3v) is 1.54. The Hall–Kier alpha value is -0.0800. The normalized spacial score (nSPS) is 15.9. The smallest absolute Gasteiger partial charge is 0.106 e. The van der Waals surface area contributed by atoms with E-state index in [0.29, 0.717) is 0 Å². The van der Waals surface area contributed by atoms with Crippen LogP contribution in [0.15, 0.2) is 0 Å². The maximum atomic E-state index is 5.84. The topological polar surface area (TPSA) is 35.2 Å². The van der Waals surface area contributed by atoms with E-state index in [0.717, 1.165) is 13.0 Å². The number of hydrogen-bond acceptors (Lipinski definition) is 2. The van der Waals surface area contributed by atoms with Crippen LogP contribution in [0, 0.1) is 10.8 Å². The standard InChI is InChI=1S/C11H25NO/c1-10(2,3)7-9(12)13-8-11(4,5)6/h9H,7-8,12H2,1-6H3.